The number of fused-ring (bicyclic) bond motifs is 3. The summed E-state index contributed by atoms with van der Waals surface area (Å²) in [4.78, 5) is 24.6. The van der Waals surface area contributed by atoms with Gasteiger partial charge in [0.05, 0.1) is 27.0 Å². The molecule has 1 aliphatic carbocycles. The number of rotatable bonds is 4. The Morgan fingerprint density at radius 2 is 1.93 bits per heavy atom. The third kappa shape index (κ3) is 3.05. The quantitative estimate of drug-likeness (QED) is 0.779. The molecule has 1 N–H and O–H groups in total. The molecule has 0 bridgehead atoms. The maximum absolute atomic E-state index is 13.2. The summed E-state index contributed by atoms with van der Waals surface area (Å²) >= 11 is 6.37. The molecule has 0 saturated heterocycles. The highest BCUT2D eigenvalue weighted by molar-refractivity contribution is 7.92. The Morgan fingerprint density at radius 3 is 2.48 bits per heavy atom. The summed E-state index contributed by atoms with van der Waals surface area (Å²) in [5.74, 6) is -1.12. The second-order valence-corrected chi connectivity index (χ2v) is 10.4. The molecule has 2 aliphatic rings. The van der Waals surface area contributed by atoms with Crippen molar-refractivity contribution in [3.63, 3.8) is 0 Å². The lowest BCUT2D eigenvalue weighted by Crippen LogP contribution is -2.31. The van der Waals surface area contributed by atoms with Crippen LogP contribution in [0.1, 0.15) is 60.8 Å². The van der Waals surface area contributed by atoms with Crippen molar-refractivity contribution in [2.75, 3.05) is 0 Å². The molecule has 1 fully saturated rings. The SMILES string of the molecule is CC(C)Oc1cc2c(cc1Cl)-c1c(cc(C(=O)O)c(=O)n1C1CC1)C(C)S2(=O)=O. The van der Waals surface area contributed by atoms with Gasteiger partial charge in [0.2, 0.25) is 0 Å². The number of ether oxygens (including phenoxy) is 1. The van der Waals surface area contributed by atoms with E-state index in [1.807, 2.05) is 0 Å². The summed E-state index contributed by atoms with van der Waals surface area (Å²) in [5, 5.41) is 8.68. The molecule has 29 heavy (non-hydrogen) atoms. The Bertz CT molecular complexity index is 1210. The highest BCUT2D eigenvalue weighted by Gasteiger charge is 2.41. The van der Waals surface area contributed by atoms with E-state index in [4.69, 9.17) is 16.3 Å². The second-order valence-electron chi connectivity index (χ2n) is 7.71. The van der Waals surface area contributed by atoms with Gasteiger partial charge in [-0.25, -0.2) is 13.2 Å². The number of halogens is 1. The van der Waals surface area contributed by atoms with E-state index >= 15 is 0 Å². The van der Waals surface area contributed by atoms with Crippen molar-refractivity contribution >= 4 is 27.4 Å². The molecule has 0 amide bonds. The Morgan fingerprint density at radius 1 is 1.28 bits per heavy atom. The largest absolute Gasteiger partial charge is 0.489 e. The van der Waals surface area contributed by atoms with Crippen LogP contribution >= 0.6 is 11.6 Å². The van der Waals surface area contributed by atoms with E-state index in [1.54, 1.807) is 13.8 Å². The van der Waals surface area contributed by atoms with Gasteiger partial charge in [-0.1, -0.05) is 11.6 Å². The molecular weight excluding hydrogens is 418 g/mol. The Labute approximate surface area is 172 Å². The van der Waals surface area contributed by atoms with Crippen molar-refractivity contribution in [3.8, 4) is 17.0 Å². The normalized spacial score (nSPS) is 19.6. The highest BCUT2D eigenvalue weighted by atomic mass is 35.5. The summed E-state index contributed by atoms with van der Waals surface area (Å²) in [7, 11) is -3.83. The van der Waals surface area contributed by atoms with E-state index in [-0.39, 0.29) is 27.8 Å². The number of carbonyl (C=O) groups is 1. The zero-order valence-electron chi connectivity index (χ0n) is 16.1. The van der Waals surface area contributed by atoms with Crippen LogP contribution in [0, 0.1) is 0 Å². The Kier molecular flexibility index (Phi) is 4.55. The summed E-state index contributed by atoms with van der Waals surface area (Å²) < 4.78 is 33.6. The van der Waals surface area contributed by atoms with Crippen molar-refractivity contribution in [1.29, 1.82) is 0 Å². The summed E-state index contributed by atoms with van der Waals surface area (Å²) in [5.41, 5.74) is -0.0187. The van der Waals surface area contributed by atoms with E-state index in [2.05, 4.69) is 0 Å². The van der Waals surface area contributed by atoms with Crippen LogP contribution in [0.5, 0.6) is 5.75 Å². The van der Waals surface area contributed by atoms with Crippen LogP contribution in [0.25, 0.3) is 11.3 Å². The molecule has 0 radical (unpaired) electrons. The standard InChI is InChI=1S/C20H20ClNO6S/c1-9(2)28-16-8-17-13(7-15(16)21)18-12(10(3)29(17,26)27)6-14(20(24)25)19(23)22(18)11-4-5-11/h6-11H,4-5H2,1-3H3,(H,24,25). The molecule has 154 valence electrons. The number of hydrogen-bond acceptors (Lipinski definition) is 5. The van der Waals surface area contributed by atoms with E-state index in [9.17, 15) is 23.1 Å². The molecule has 1 aromatic carbocycles. The van der Waals surface area contributed by atoms with Gasteiger partial charge in [0, 0.05) is 17.7 Å². The number of aromatic carboxylic acids is 1. The first kappa shape index (κ1) is 20.0. The monoisotopic (exact) mass is 437 g/mol. The topological polar surface area (TPSA) is 103 Å². The third-order valence-corrected chi connectivity index (χ3v) is 7.70. The fourth-order valence-corrected chi connectivity index (χ4v) is 5.58. The zero-order valence-corrected chi connectivity index (χ0v) is 17.7. The number of benzene rings is 1. The predicted molar refractivity (Wildman–Crippen MR) is 108 cm³/mol. The zero-order chi connectivity index (χ0) is 21.2. The van der Waals surface area contributed by atoms with Gasteiger partial charge in [0.25, 0.3) is 5.56 Å². The van der Waals surface area contributed by atoms with Gasteiger partial charge in [-0.05, 0) is 51.3 Å². The van der Waals surface area contributed by atoms with E-state index in [1.165, 1.54) is 29.7 Å². The van der Waals surface area contributed by atoms with E-state index in [0.717, 1.165) is 12.8 Å². The molecule has 1 unspecified atom stereocenters. The summed E-state index contributed by atoms with van der Waals surface area (Å²) in [6, 6.07) is 3.94. The van der Waals surface area contributed by atoms with Crippen molar-refractivity contribution in [2.24, 2.45) is 0 Å². The molecule has 1 saturated carbocycles. The average Bonchev–Trinajstić information content (AvgIpc) is 3.45. The molecule has 1 aliphatic heterocycles. The minimum Gasteiger partial charge on any atom is -0.489 e. The Balaban J connectivity index is 2.11. The van der Waals surface area contributed by atoms with Gasteiger partial charge in [-0.3, -0.25) is 4.79 Å². The molecular formula is C20H20ClNO6S. The predicted octanol–water partition coefficient (Wildman–Crippen LogP) is 3.84. The Hall–Kier alpha value is -2.32. The number of pyridine rings is 1. The maximum Gasteiger partial charge on any atom is 0.341 e. The van der Waals surface area contributed by atoms with Crippen LogP contribution in [0.2, 0.25) is 5.02 Å². The fraction of sp³-hybridized carbons (Fsp3) is 0.400. The third-order valence-electron chi connectivity index (χ3n) is 5.27. The smallest absolute Gasteiger partial charge is 0.341 e. The average molecular weight is 438 g/mol. The van der Waals surface area contributed by atoms with Crippen molar-refractivity contribution in [3.05, 3.63) is 44.7 Å². The lowest BCUT2D eigenvalue weighted by Gasteiger charge is -2.29. The van der Waals surface area contributed by atoms with E-state index in [0.29, 0.717) is 16.8 Å². The highest BCUT2D eigenvalue weighted by Crippen LogP contribution is 2.49. The van der Waals surface area contributed by atoms with Crippen LogP contribution in [0.3, 0.4) is 0 Å². The van der Waals surface area contributed by atoms with Crippen LogP contribution < -0.4 is 10.3 Å². The maximum atomic E-state index is 13.2. The van der Waals surface area contributed by atoms with Crippen molar-refractivity contribution in [1.82, 2.24) is 4.57 Å². The molecule has 0 spiro atoms. The van der Waals surface area contributed by atoms with Crippen LogP contribution in [-0.4, -0.2) is 30.2 Å². The summed E-state index contributed by atoms with van der Waals surface area (Å²) in [6.45, 7) is 5.11. The van der Waals surface area contributed by atoms with Crippen LogP contribution in [-0.2, 0) is 9.84 Å². The van der Waals surface area contributed by atoms with Crippen LogP contribution in [0.4, 0.5) is 0 Å². The van der Waals surface area contributed by atoms with Gasteiger partial charge in [-0.2, -0.15) is 0 Å². The number of sulfone groups is 1. The number of hydrogen-bond donors (Lipinski definition) is 1. The minimum atomic E-state index is -3.83. The van der Waals surface area contributed by atoms with Gasteiger partial charge in [-0.15, -0.1) is 0 Å². The van der Waals surface area contributed by atoms with Crippen molar-refractivity contribution < 1.29 is 23.1 Å². The number of nitrogens with zero attached hydrogens (tertiary/aromatic N) is 1. The summed E-state index contributed by atoms with van der Waals surface area (Å²) in [6.07, 6.45) is 1.26. The molecule has 1 aromatic heterocycles. The second kappa shape index (κ2) is 6.60. The van der Waals surface area contributed by atoms with Crippen LogP contribution in [0.15, 0.2) is 27.9 Å². The van der Waals surface area contributed by atoms with Gasteiger partial charge < -0.3 is 14.4 Å². The first-order valence-corrected chi connectivity index (χ1v) is 11.2. The molecule has 9 heteroatoms. The first-order chi connectivity index (χ1) is 13.5. The minimum absolute atomic E-state index is 0.0365. The molecule has 2 aromatic rings. The lowest BCUT2D eigenvalue weighted by molar-refractivity contribution is 0.0694. The molecule has 4 rings (SSSR count). The van der Waals surface area contributed by atoms with E-state index < -0.39 is 32.2 Å². The number of aromatic nitrogens is 1. The molecule has 2 heterocycles. The number of carboxylic acid groups (broad SMARTS) is 1. The molecule has 7 nitrogen and oxygen atoms in total. The fourth-order valence-electron chi connectivity index (χ4n) is 3.74. The van der Waals surface area contributed by atoms with Gasteiger partial charge in [0.15, 0.2) is 9.84 Å². The molecule has 1 atom stereocenters. The van der Waals surface area contributed by atoms with Gasteiger partial charge >= 0.3 is 5.97 Å². The first-order valence-electron chi connectivity index (χ1n) is 9.31. The lowest BCUT2D eigenvalue weighted by atomic mass is 9.99. The number of carboxylic acids is 1. The van der Waals surface area contributed by atoms with Gasteiger partial charge in [0.1, 0.15) is 11.3 Å². The van der Waals surface area contributed by atoms with Crippen molar-refractivity contribution in [2.45, 2.75) is 55.9 Å².